The van der Waals surface area contributed by atoms with Crippen molar-refractivity contribution in [3.05, 3.63) is 52.3 Å². The van der Waals surface area contributed by atoms with Gasteiger partial charge in [0.05, 0.1) is 16.2 Å². The number of carboxylic acids is 1. The van der Waals surface area contributed by atoms with E-state index in [0.29, 0.717) is 16.0 Å². The van der Waals surface area contributed by atoms with Crippen LogP contribution in [0.4, 0.5) is 0 Å². The van der Waals surface area contributed by atoms with Crippen molar-refractivity contribution >= 4 is 21.9 Å². The predicted octanol–water partition coefficient (Wildman–Crippen LogP) is 3.64. The van der Waals surface area contributed by atoms with Crippen LogP contribution in [0.5, 0.6) is 11.5 Å². The van der Waals surface area contributed by atoms with Gasteiger partial charge >= 0.3 is 5.97 Å². The lowest BCUT2D eigenvalue weighted by Crippen LogP contribution is -1.96. The molecule has 5 heteroatoms. The Hall–Kier alpha value is -1.88. The molecule has 4 nitrogen and oxygen atoms in total. The molecule has 0 radical (unpaired) electrons. The summed E-state index contributed by atoms with van der Waals surface area (Å²) in [5, 5.41) is 8.85. The molecule has 2 rings (SSSR count). The first-order valence-electron chi connectivity index (χ1n) is 5.19. The molecular weight excluding hydrogens is 298 g/mol. The van der Waals surface area contributed by atoms with Gasteiger partial charge in [0.2, 0.25) is 0 Å². The number of benzene rings is 1. The number of rotatable bonds is 3. The van der Waals surface area contributed by atoms with Crippen molar-refractivity contribution < 1.29 is 14.6 Å². The molecule has 0 saturated heterocycles. The van der Waals surface area contributed by atoms with Crippen LogP contribution >= 0.6 is 15.9 Å². The normalized spacial score (nSPS) is 10.1. The zero-order valence-corrected chi connectivity index (χ0v) is 11.1. The number of carbonyl (C=O) groups is 1. The highest BCUT2D eigenvalue weighted by Crippen LogP contribution is 2.30. The maximum absolute atomic E-state index is 10.8. The second kappa shape index (κ2) is 5.18. The van der Waals surface area contributed by atoms with E-state index in [4.69, 9.17) is 9.84 Å². The zero-order chi connectivity index (χ0) is 13.1. The first kappa shape index (κ1) is 12.6. The highest BCUT2D eigenvalue weighted by Gasteiger charge is 2.08. The Morgan fingerprint density at radius 1 is 1.33 bits per heavy atom. The molecule has 0 fully saturated rings. The number of halogens is 1. The lowest BCUT2D eigenvalue weighted by molar-refractivity contribution is 0.0697. The summed E-state index contributed by atoms with van der Waals surface area (Å²) in [6, 6.07) is 8.24. The summed E-state index contributed by atoms with van der Waals surface area (Å²) in [6.07, 6.45) is 1.62. The molecule has 1 heterocycles. The summed E-state index contributed by atoms with van der Waals surface area (Å²) in [4.78, 5) is 14.9. The summed E-state index contributed by atoms with van der Waals surface area (Å²) >= 11 is 3.28. The number of hydrogen-bond acceptors (Lipinski definition) is 3. The Balaban J connectivity index is 2.24. The number of hydrogen-bond donors (Lipinski definition) is 1. The largest absolute Gasteiger partial charge is 0.478 e. The van der Waals surface area contributed by atoms with Crippen LogP contribution in [0.25, 0.3) is 0 Å². The van der Waals surface area contributed by atoms with Crippen molar-refractivity contribution in [1.82, 2.24) is 4.98 Å². The maximum Gasteiger partial charge on any atom is 0.335 e. The lowest BCUT2D eigenvalue weighted by Gasteiger charge is -2.08. The summed E-state index contributed by atoms with van der Waals surface area (Å²) in [5.41, 5.74) is 1.11. The smallest absolute Gasteiger partial charge is 0.335 e. The predicted molar refractivity (Wildman–Crippen MR) is 70.1 cm³/mol. The molecule has 0 aliphatic heterocycles. The van der Waals surface area contributed by atoms with E-state index in [1.54, 1.807) is 18.3 Å². The minimum atomic E-state index is -0.973. The van der Waals surface area contributed by atoms with Crippen LogP contribution in [0.15, 0.2) is 41.0 Å². The SMILES string of the molecule is Cc1ccc(Oc2ccc(C(=O)O)cc2Br)cn1. The third-order valence-corrected chi connectivity index (χ3v) is 2.91. The second-order valence-corrected chi connectivity index (χ2v) is 4.54. The summed E-state index contributed by atoms with van der Waals surface area (Å²) in [5.74, 6) is 0.175. The molecule has 18 heavy (non-hydrogen) atoms. The first-order chi connectivity index (χ1) is 8.56. The molecule has 2 aromatic rings. The summed E-state index contributed by atoms with van der Waals surface area (Å²) in [7, 11) is 0. The zero-order valence-electron chi connectivity index (χ0n) is 9.55. The number of aromatic carboxylic acids is 1. The van der Waals surface area contributed by atoms with Gasteiger partial charge in [0.25, 0.3) is 0 Å². The summed E-state index contributed by atoms with van der Waals surface area (Å²) < 4.78 is 6.18. The van der Waals surface area contributed by atoms with Crippen molar-refractivity contribution in [2.75, 3.05) is 0 Å². The fourth-order valence-electron chi connectivity index (χ4n) is 1.36. The molecule has 0 aliphatic rings. The molecular formula is C13H10BrNO3. The first-order valence-corrected chi connectivity index (χ1v) is 5.99. The van der Waals surface area contributed by atoms with Crippen molar-refractivity contribution in [1.29, 1.82) is 0 Å². The van der Waals surface area contributed by atoms with Crippen molar-refractivity contribution in [3.63, 3.8) is 0 Å². The number of ether oxygens (including phenoxy) is 1. The molecule has 0 saturated carbocycles. The molecule has 0 atom stereocenters. The molecule has 0 aliphatic carbocycles. The maximum atomic E-state index is 10.8. The monoisotopic (exact) mass is 307 g/mol. The van der Waals surface area contributed by atoms with Crippen molar-refractivity contribution in [2.24, 2.45) is 0 Å². The average Bonchev–Trinajstić information content (AvgIpc) is 2.34. The quantitative estimate of drug-likeness (QED) is 0.940. The van der Waals surface area contributed by atoms with Crippen LogP contribution in [0, 0.1) is 6.92 Å². The van der Waals surface area contributed by atoms with E-state index in [0.717, 1.165) is 5.69 Å². The summed E-state index contributed by atoms with van der Waals surface area (Å²) in [6.45, 7) is 1.89. The number of aromatic nitrogens is 1. The third-order valence-electron chi connectivity index (χ3n) is 2.29. The molecule has 1 aromatic heterocycles. The van der Waals surface area contributed by atoms with Gasteiger partial charge in [-0.15, -0.1) is 0 Å². The van der Waals surface area contributed by atoms with Gasteiger partial charge in [-0.2, -0.15) is 0 Å². The molecule has 1 N–H and O–H groups in total. The van der Waals surface area contributed by atoms with Gasteiger partial charge in [0.1, 0.15) is 11.5 Å². The Morgan fingerprint density at radius 3 is 2.67 bits per heavy atom. The van der Waals surface area contributed by atoms with E-state index in [1.807, 2.05) is 13.0 Å². The van der Waals surface area contributed by atoms with Gasteiger partial charge in [-0.05, 0) is 53.2 Å². The molecule has 1 aromatic carbocycles. The number of pyridine rings is 1. The fraction of sp³-hybridized carbons (Fsp3) is 0.0769. The van der Waals surface area contributed by atoms with E-state index in [1.165, 1.54) is 12.1 Å². The number of nitrogens with zero attached hydrogens (tertiary/aromatic N) is 1. The van der Waals surface area contributed by atoms with E-state index in [9.17, 15) is 4.79 Å². The minimum Gasteiger partial charge on any atom is -0.478 e. The molecule has 0 spiro atoms. The van der Waals surface area contributed by atoms with Crippen molar-refractivity contribution in [2.45, 2.75) is 6.92 Å². The molecule has 92 valence electrons. The number of aryl methyl sites for hydroxylation is 1. The lowest BCUT2D eigenvalue weighted by atomic mass is 10.2. The highest BCUT2D eigenvalue weighted by molar-refractivity contribution is 9.10. The van der Waals surface area contributed by atoms with Crippen LogP contribution in [0.2, 0.25) is 0 Å². The Morgan fingerprint density at radius 2 is 2.11 bits per heavy atom. The average molecular weight is 308 g/mol. The van der Waals surface area contributed by atoms with E-state index in [-0.39, 0.29) is 5.56 Å². The Bertz CT molecular complexity index is 581. The fourth-order valence-corrected chi connectivity index (χ4v) is 1.82. The van der Waals surface area contributed by atoms with Gasteiger partial charge in [-0.25, -0.2) is 4.79 Å². The third kappa shape index (κ3) is 2.87. The second-order valence-electron chi connectivity index (χ2n) is 3.69. The van der Waals surface area contributed by atoms with E-state index >= 15 is 0 Å². The van der Waals surface area contributed by atoms with Gasteiger partial charge in [0.15, 0.2) is 0 Å². The van der Waals surface area contributed by atoms with Crippen LogP contribution in [0.3, 0.4) is 0 Å². The van der Waals surface area contributed by atoms with Gasteiger partial charge in [-0.1, -0.05) is 0 Å². The van der Waals surface area contributed by atoms with Gasteiger partial charge in [0, 0.05) is 5.69 Å². The molecule has 0 amide bonds. The highest BCUT2D eigenvalue weighted by atomic mass is 79.9. The Labute approximate surface area is 112 Å². The van der Waals surface area contributed by atoms with Crippen LogP contribution in [-0.2, 0) is 0 Å². The van der Waals surface area contributed by atoms with Crippen LogP contribution in [-0.4, -0.2) is 16.1 Å². The number of carboxylic acid groups (broad SMARTS) is 1. The van der Waals surface area contributed by atoms with Gasteiger partial charge in [-0.3, -0.25) is 4.98 Å². The minimum absolute atomic E-state index is 0.205. The van der Waals surface area contributed by atoms with Crippen molar-refractivity contribution in [3.8, 4) is 11.5 Å². The Kier molecular flexibility index (Phi) is 3.62. The van der Waals surface area contributed by atoms with Gasteiger partial charge < -0.3 is 9.84 Å². The van der Waals surface area contributed by atoms with Crippen LogP contribution in [0.1, 0.15) is 16.1 Å². The topological polar surface area (TPSA) is 59.4 Å². The van der Waals surface area contributed by atoms with E-state index in [2.05, 4.69) is 20.9 Å². The molecule has 0 bridgehead atoms. The van der Waals surface area contributed by atoms with Crippen LogP contribution < -0.4 is 4.74 Å². The standard InChI is InChI=1S/C13H10BrNO3/c1-8-2-4-10(7-15-8)18-12-5-3-9(13(16)17)6-11(12)14/h2-7H,1H3,(H,16,17). The molecule has 0 unspecified atom stereocenters. The van der Waals surface area contributed by atoms with E-state index < -0.39 is 5.97 Å².